The number of ether oxygens (including phenoxy) is 1. The monoisotopic (exact) mass is 294 g/mol. The number of hydrogen-bond acceptors (Lipinski definition) is 1. The van der Waals surface area contributed by atoms with Crippen LogP contribution in [0.4, 0.5) is 0 Å². The van der Waals surface area contributed by atoms with Gasteiger partial charge in [0.2, 0.25) is 0 Å². The van der Waals surface area contributed by atoms with Crippen LogP contribution in [0.1, 0.15) is 31.7 Å². The molecule has 0 bridgehead atoms. The van der Waals surface area contributed by atoms with Gasteiger partial charge in [0, 0.05) is 11.8 Å². The first-order chi connectivity index (χ1) is 8.21. The normalized spacial score (nSPS) is 26.1. The van der Waals surface area contributed by atoms with Crippen molar-refractivity contribution < 1.29 is 4.74 Å². The van der Waals surface area contributed by atoms with E-state index in [1.807, 2.05) is 0 Å². The summed E-state index contributed by atoms with van der Waals surface area (Å²) in [6.07, 6.45) is 5.46. The molecule has 1 aromatic carbocycles. The van der Waals surface area contributed by atoms with E-state index in [4.69, 9.17) is 4.74 Å². The molecule has 0 spiro atoms. The van der Waals surface area contributed by atoms with Gasteiger partial charge in [-0.3, -0.25) is 0 Å². The van der Waals surface area contributed by atoms with Crippen LogP contribution in [0.25, 0.3) is 0 Å². The fourth-order valence-corrected chi connectivity index (χ4v) is 3.69. The van der Waals surface area contributed by atoms with Crippen molar-refractivity contribution in [3.05, 3.63) is 29.8 Å². The molecule has 1 heterocycles. The van der Waals surface area contributed by atoms with E-state index in [-0.39, 0.29) is 0 Å². The Kier molecular flexibility index (Phi) is 2.94. The van der Waals surface area contributed by atoms with Crippen LogP contribution in [-0.4, -0.2) is 11.4 Å². The topological polar surface area (TPSA) is 9.23 Å². The second-order valence-electron chi connectivity index (χ2n) is 5.82. The molecule has 2 heteroatoms. The van der Waals surface area contributed by atoms with E-state index in [0.717, 1.165) is 23.4 Å². The summed E-state index contributed by atoms with van der Waals surface area (Å²) in [5.41, 5.74) is 1.80. The van der Waals surface area contributed by atoms with Crippen molar-refractivity contribution in [2.45, 2.75) is 38.7 Å². The molecular weight excluding hydrogens is 276 g/mol. The van der Waals surface area contributed by atoms with Crippen molar-refractivity contribution in [3.8, 4) is 5.75 Å². The molecule has 3 rings (SSSR count). The fourth-order valence-electron chi connectivity index (χ4n) is 3.00. The number of rotatable bonds is 4. The fraction of sp³-hybridized carbons (Fsp3) is 0.600. The Morgan fingerprint density at radius 3 is 2.76 bits per heavy atom. The predicted octanol–water partition coefficient (Wildman–Crippen LogP) is 4.19. The molecule has 2 aliphatic rings. The number of halogens is 1. The first-order valence-electron chi connectivity index (χ1n) is 6.52. The van der Waals surface area contributed by atoms with E-state index in [1.165, 1.54) is 24.8 Å². The maximum absolute atomic E-state index is 6.06. The standard InChI is InChI=1S/C15H19BrO/c1-15(10-16,12-6-7-12)9-13-8-11-4-2-3-5-14(11)17-13/h2-5,12-13H,6-10H2,1H3. The van der Waals surface area contributed by atoms with Gasteiger partial charge < -0.3 is 4.74 Å². The van der Waals surface area contributed by atoms with Crippen molar-refractivity contribution in [2.24, 2.45) is 11.3 Å². The van der Waals surface area contributed by atoms with Gasteiger partial charge in [-0.15, -0.1) is 0 Å². The van der Waals surface area contributed by atoms with Gasteiger partial charge in [-0.1, -0.05) is 41.1 Å². The van der Waals surface area contributed by atoms with E-state index >= 15 is 0 Å². The third-order valence-electron chi connectivity index (χ3n) is 4.28. The average molecular weight is 295 g/mol. The van der Waals surface area contributed by atoms with Crippen molar-refractivity contribution in [2.75, 3.05) is 5.33 Å². The number of benzene rings is 1. The smallest absolute Gasteiger partial charge is 0.123 e. The predicted molar refractivity (Wildman–Crippen MR) is 73.8 cm³/mol. The lowest BCUT2D eigenvalue weighted by molar-refractivity contribution is 0.145. The third-order valence-corrected chi connectivity index (χ3v) is 5.56. The van der Waals surface area contributed by atoms with Gasteiger partial charge in [-0.25, -0.2) is 0 Å². The lowest BCUT2D eigenvalue weighted by Crippen LogP contribution is -2.29. The summed E-state index contributed by atoms with van der Waals surface area (Å²) in [5, 5.41) is 1.10. The van der Waals surface area contributed by atoms with Gasteiger partial charge >= 0.3 is 0 Å². The van der Waals surface area contributed by atoms with Crippen LogP contribution in [0, 0.1) is 11.3 Å². The van der Waals surface area contributed by atoms with E-state index < -0.39 is 0 Å². The molecule has 1 aromatic rings. The summed E-state index contributed by atoms with van der Waals surface area (Å²) in [7, 11) is 0. The van der Waals surface area contributed by atoms with Crippen LogP contribution < -0.4 is 4.74 Å². The molecule has 0 amide bonds. The highest BCUT2D eigenvalue weighted by molar-refractivity contribution is 9.09. The number of hydrogen-bond donors (Lipinski definition) is 0. The van der Waals surface area contributed by atoms with Crippen LogP contribution in [-0.2, 0) is 6.42 Å². The number of fused-ring (bicyclic) bond motifs is 1. The summed E-state index contributed by atoms with van der Waals surface area (Å²) >= 11 is 3.70. The summed E-state index contributed by atoms with van der Waals surface area (Å²) in [4.78, 5) is 0. The zero-order valence-electron chi connectivity index (χ0n) is 10.3. The van der Waals surface area contributed by atoms with Crippen LogP contribution in [0.5, 0.6) is 5.75 Å². The van der Waals surface area contributed by atoms with Gasteiger partial charge in [0.1, 0.15) is 11.9 Å². The quantitative estimate of drug-likeness (QED) is 0.757. The van der Waals surface area contributed by atoms with Crippen molar-refractivity contribution >= 4 is 15.9 Å². The molecule has 0 aromatic heterocycles. The molecule has 0 N–H and O–H groups in total. The number of para-hydroxylation sites is 1. The highest BCUT2D eigenvalue weighted by Gasteiger charge is 2.43. The molecule has 2 unspecified atom stereocenters. The Morgan fingerprint density at radius 2 is 2.12 bits per heavy atom. The van der Waals surface area contributed by atoms with Gasteiger partial charge in [0.25, 0.3) is 0 Å². The van der Waals surface area contributed by atoms with Crippen LogP contribution in [0.15, 0.2) is 24.3 Å². The van der Waals surface area contributed by atoms with Gasteiger partial charge in [0.05, 0.1) is 0 Å². The largest absolute Gasteiger partial charge is 0.490 e. The minimum Gasteiger partial charge on any atom is -0.490 e. The SMILES string of the molecule is CC(CBr)(CC1Cc2ccccc2O1)C1CC1. The molecule has 92 valence electrons. The third kappa shape index (κ3) is 2.24. The molecular formula is C15H19BrO. The van der Waals surface area contributed by atoms with E-state index in [2.05, 4.69) is 47.1 Å². The van der Waals surface area contributed by atoms with Crippen molar-refractivity contribution in [1.29, 1.82) is 0 Å². The Bertz CT molecular complexity index is 388. The molecule has 0 radical (unpaired) electrons. The van der Waals surface area contributed by atoms with Crippen molar-refractivity contribution in [1.82, 2.24) is 0 Å². The van der Waals surface area contributed by atoms with Crippen LogP contribution in [0.3, 0.4) is 0 Å². The molecule has 1 aliphatic carbocycles. The zero-order valence-corrected chi connectivity index (χ0v) is 11.9. The Balaban J connectivity index is 1.68. The minimum atomic E-state index is 0.385. The maximum atomic E-state index is 6.06. The second kappa shape index (κ2) is 4.31. The zero-order chi connectivity index (χ0) is 11.9. The van der Waals surface area contributed by atoms with Crippen LogP contribution >= 0.6 is 15.9 Å². The summed E-state index contributed by atoms with van der Waals surface area (Å²) < 4.78 is 6.06. The summed E-state index contributed by atoms with van der Waals surface area (Å²) in [6, 6.07) is 8.46. The molecule has 2 atom stereocenters. The van der Waals surface area contributed by atoms with Crippen molar-refractivity contribution in [3.63, 3.8) is 0 Å². The minimum absolute atomic E-state index is 0.385. The molecule has 1 aliphatic heterocycles. The Labute approximate surface area is 112 Å². The Hall–Kier alpha value is -0.500. The lowest BCUT2D eigenvalue weighted by atomic mass is 9.81. The van der Waals surface area contributed by atoms with E-state index in [9.17, 15) is 0 Å². The van der Waals surface area contributed by atoms with E-state index in [0.29, 0.717) is 11.5 Å². The first-order valence-corrected chi connectivity index (χ1v) is 7.64. The second-order valence-corrected chi connectivity index (χ2v) is 6.38. The molecule has 0 saturated heterocycles. The van der Waals surface area contributed by atoms with Gasteiger partial charge in [-0.05, 0) is 42.2 Å². The first kappa shape index (κ1) is 11.6. The molecule has 1 fully saturated rings. The summed E-state index contributed by atoms with van der Waals surface area (Å²) in [5.74, 6) is 2.01. The van der Waals surface area contributed by atoms with Gasteiger partial charge in [0.15, 0.2) is 0 Å². The average Bonchev–Trinajstić information content (AvgIpc) is 3.11. The Morgan fingerprint density at radius 1 is 1.35 bits per heavy atom. The molecule has 17 heavy (non-hydrogen) atoms. The lowest BCUT2D eigenvalue weighted by Gasteiger charge is -2.30. The van der Waals surface area contributed by atoms with Gasteiger partial charge in [-0.2, -0.15) is 0 Å². The highest BCUT2D eigenvalue weighted by atomic mass is 79.9. The molecule has 1 nitrogen and oxygen atoms in total. The summed E-state index contributed by atoms with van der Waals surface area (Å²) in [6.45, 7) is 2.41. The molecule has 1 saturated carbocycles. The number of alkyl halides is 1. The maximum Gasteiger partial charge on any atom is 0.123 e. The van der Waals surface area contributed by atoms with E-state index in [1.54, 1.807) is 0 Å². The highest BCUT2D eigenvalue weighted by Crippen LogP contribution is 2.50. The van der Waals surface area contributed by atoms with Crippen LogP contribution in [0.2, 0.25) is 0 Å².